The Morgan fingerprint density at radius 1 is 0.795 bits per heavy atom. The third-order valence-corrected chi connectivity index (χ3v) is 16.8. The van der Waals surface area contributed by atoms with E-state index in [4.69, 9.17) is 47.5 Å². The molecule has 2 bridgehead atoms. The molecule has 0 aromatic carbocycles. The maximum atomic E-state index is 14.6. The van der Waals surface area contributed by atoms with Gasteiger partial charge in [0.05, 0.1) is 82.5 Å². The Hall–Kier alpha value is -3.97. The number of amides is 2. The molecule has 0 radical (unpaired) electrons. The maximum Gasteiger partial charge on any atom is 0.329 e. The number of allylic oxidation sites excluding steroid dienone is 5. The third kappa shape index (κ3) is 23.0. The van der Waals surface area contributed by atoms with Gasteiger partial charge < -0.3 is 78.1 Å². The number of aliphatic hydroxyl groups excluding tert-OH is 3. The van der Waals surface area contributed by atoms with Crippen molar-refractivity contribution in [1.29, 1.82) is 0 Å². The van der Waals surface area contributed by atoms with Crippen LogP contribution in [0.2, 0.25) is 0 Å². The predicted octanol–water partition coefficient (Wildman–Crippen LogP) is 5.59. The quantitative estimate of drug-likeness (QED) is 0.0308. The molecule has 83 heavy (non-hydrogen) atoms. The predicted molar refractivity (Wildman–Crippen MR) is 312 cm³/mol. The fourth-order valence-corrected chi connectivity index (χ4v) is 11.6. The number of hydrogen-bond donors (Lipinski definition) is 5. The van der Waals surface area contributed by atoms with E-state index in [1.54, 1.807) is 48.2 Å². The second kappa shape index (κ2) is 37.6. The average molecular weight is 1180 g/mol. The molecule has 1 saturated carbocycles. The number of fused-ring (bicyclic) bond motifs is 3. The van der Waals surface area contributed by atoms with E-state index in [2.05, 4.69) is 10.5 Å². The number of esters is 1. The summed E-state index contributed by atoms with van der Waals surface area (Å²) in [4.78, 5) is 63.2. The first-order chi connectivity index (χ1) is 39.7. The number of Topliss-reactive ketones (excluding diaryl/α,β-unsaturated/α-hetero) is 1. The first kappa shape index (κ1) is 71.5. The maximum absolute atomic E-state index is 14.6. The number of carbonyl (C=O) groups is 4. The zero-order chi connectivity index (χ0) is 61.1. The highest BCUT2D eigenvalue weighted by Gasteiger charge is 2.53. The van der Waals surface area contributed by atoms with Crippen LogP contribution in [0.3, 0.4) is 0 Å². The molecule has 16 atom stereocenters. The van der Waals surface area contributed by atoms with Gasteiger partial charge in [-0.05, 0) is 107 Å². The third-order valence-electron chi connectivity index (χ3n) is 16.8. The first-order valence-corrected chi connectivity index (χ1v) is 30.2. The van der Waals surface area contributed by atoms with Crippen molar-refractivity contribution in [2.24, 2.45) is 40.7 Å². The lowest BCUT2D eigenvalue weighted by molar-refractivity contribution is -0.265. The van der Waals surface area contributed by atoms with Gasteiger partial charge in [-0.25, -0.2) is 4.79 Å². The summed E-state index contributed by atoms with van der Waals surface area (Å²) in [6.45, 7) is 15.8. The fraction of sp³-hybridized carbons (Fsp3) is 0.790. The summed E-state index contributed by atoms with van der Waals surface area (Å²) in [5.41, 5.74) is 1.69. The van der Waals surface area contributed by atoms with E-state index < -0.39 is 96.6 Å². The smallest absolute Gasteiger partial charge is 0.329 e. The van der Waals surface area contributed by atoms with Crippen LogP contribution in [0.15, 0.2) is 52.8 Å². The van der Waals surface area contributed by atoms with Crippen LogP contribution in [0, 0.1) is 35.5 Å². The highest BCUT2D eigenvalue weighted by Crippen LogP contribution is 2.38. The molecule has 4 rings (SSSR count). The molecule has 2 saturated heterocycles. The van der Waals surface area contributed by atoms with Crippen LogP contribution < -0.4 is 5.32 Å². The normalized spacial score (nSPS) is 35.5. The number of hydrogen-bond acceptors (Lipinski definition) is 19. The first-order valence-electron chi connectivity index (χ1n) is 30.2. The van der Waals surface area contributed by atoms with E-state index in [1.165, 1.54) is 12.0 Å². The SMILES string of the molecule is COCCOCCOCCOCCNC(=O)CON=C1[C@H](C)C[C@H](C)/C=C/C=C/C=C(\C)[C@@H](OC)C[C@@H]2CC[C@@H](C)[C@@](O)(O2)C(=O)C(=O)N2CCCC[C@H]2C(=O)O[C@H]([C@H](C)C[C@@H]2CC[C@@H](O)[C@H](OC)C2)C[C@@H](O)[C@H](C)/C=C(\C)[C@@H](O)[C@H]1OC. The Morgan fingerprint density at radius 3 is 2.17 bits per heavy atom. The van der Waals surface area contributed by atoms with Gasteiger partial charge in [-0.3, -0.25) is 14.4 Å². The molecule has 0 aromatic rings. The summed E-state index contributed by atoms with van der Waals surface area (Å²) in [6.07, 6.45) is 10.6. The van der Waals surface area contributed by atoms with E-state index in [1.807, 2.05) is 58.1 Å². The van der Waals surface area contributed by atoms with Crippen LogP contribution >= 0.6 is 0 Å². The number of rotatable bonds is 21. The number of piperidine rings is 1. The summed E-state index contributed by atoms with van der Waals surface area (Å²) in [6, 6.07) is -1.14. The Morgan fingerprint density at radius 2 is 1.49 bits per heavy atom. The van der Waals surface area contributed by atoms with E-state index in [0.717, 1.165) is 12.0 Å². The van der Waals surface area contributed by atoms with Crippen molar-refractivity contribution in [2.45, 2.75) is 186 Å². The van der Waals surface area contributed by atoms with Crippen LogP contribution in [-0.2, 0) is 66.6 Å². The minimum Gasteiger partial charge on any atom is -0.460 e. The van der Waals surface area contributed by atoms with Gasteiger partial charge in [0.2, 0.25) is 5.79 Å². The Bertz CT molecular complexity index is 2120. The molecule has 3 aliphatic heterocycles. The Balaban J connectivity index is 1.64. The van der Waals surface area contributed by atoms with Crippen LogP contribution in [0.1, 0.15) is 126 Å². The highest BCUT2D eigenvalue weighted by atomic mass is 16.6. The number of carbonyl (C=O) groups excluding carboxylic acids is 4. The summed E-state index contributed by atoms with van der Waals surface area (Å²) >= 11 is 0. The van der Waals surface area contributed by atoms with Crippen LogP contribution in [0.5, 0.6) is 0 Å². The standard InChI is InChI=1S/C62H103N3O18/c1-40-17-13-12-14-18-41(2)52(75-9)37-48-22-20-46(7)62(73,83-48)59(70)60(71)65-25-16-15-19-49(65)61(72)82-53(43(4)35-47-21-23-50(66)54(36-47)76-10)38-51(67)42(3)34-45(6)57(69)58(77-11)56(44(5)33-40)64-81-39-55(68)63-24-26-78-29-30-80-32-31-79-28-27-74-8/h12-14,17-18,34,40,42-44,46-54,57-58,66-67,69,73H,15-16,19-33,35-39H2,1-11H3,(H,63,68)/b14-12+,17-13+,41-18+,45-34+,64-56?/t40-,42-,43-,44-,46-,47+,48+,49+,50-,51-,52+,53+,54-,57-,58+,62-/m1/s1. The molecule has 21 nitrogen and oxygen atoms in total. The zero-order valence-corrected chi connectivity index (χ0v) is 51.6. The van der Waals surface area contributed by atoms with Gasteiger partial charge >= 0.3 is 5.97 Å². The molecular weight excluding hydrogens is 1070 g/mol. The van der Waals surface area contributed by atoms with Gasteiger partial charge in [-0.1, -0.05) is 76.2 Å². The van der Waals surface area contributed by atoms with Crippen LogP contribution in [0.25, 0.3) is 0 Å². The summed E-state index contributed by atoms with van der Waals surface area (Å²) in [7, 11) is 6.22. The molecule has 3 heterocycles. The van der Waals surface area contributed by atoms with Gasteiger partial charge in [-0.15, -0.1) is 0 Å². The van der Waals surface area contributed by atoms with Crippen molar-refractivity contribution in [3.05, 3.63) is 47.6 Å². The molecule has 1 aliphatic carbocycles. The largest absolute Gasteiger partial charge is 0.460 e. The van der Waals surface area contributed by atoms with Crippen LogP contribution in [-0.4, -0.2) is 210 Å². The number of ether oxygens (including phenoxy) is 9. The highest BCUT2D eigenvalue weighted by molar-refractivity contribution is 6.39. The van der Waals surface area contributed by atoms with E-state index >= 15 is 0 Å². The van der Waals surface area contributed by atoms with Crippen molar-refractivity contribution in [3.8, 4) is 0 Å². The number of methoxy groups -OCH3 is 4. The lowest BCUT2D eigenvalue weighted by Crippen LogP contribution is -2.61. The van der Waals surface area contributed by atoms with Crippen LogP contribution in [0.4, 0.5) is 0 Å². The second-order valence-corrected chi connectivity index (χ2v) is 23.4. The molecule has 4 aliphatic rings. The lowest BCUT2D eigenvalue weighted by atomic mass is 9.78. The van der Waals surface area contributed by atoms with Crippen molar-refractivity contribution in [2.75, 3.05) is 94.4 Å². The Labute approximate surface area is 493 Å². The molecule has 0 spiro atoms. The molecule has 2 amide bonds. The number of nitrogens with zero attached hydrogens (tertiary/aromatic N) is 2. The summed E-state index contributed by atoms with van der Waals surface area (Å²) < 4.78 is 51.5. The molecule has 21 heteroatoms. The fourth-order valence-electron chi connectivity index (χ4n) is 11.6. The van der Waals surface area contributed by atoms with Crippen molar-refractivity contribution < 1.29 is 87.1 Å². The van der Waals surface area contributed by atoms with E-state index in [-0.39, 0.29) is 62.3 Å². The molecule has 5 N–H and O–H groups in total. The van der Waals surface area contributed by atoms with Crippen molar-refractivity contribution in [3.63, 3.8) is 0 Å². The monoisotopic (exact) mass is 1180 g/mol. The van der Waals surface area contributed by atoms with E-state index in [9.17, 15) is 39.6 Å². The molecule has 474 valence electrons. The topological polar surface area (TPSA) is 269 Å². The Kier molecular flexibility index (Phi) is 32.4. The zero-order valence-electron chi connectivity index (χ0n) is 51.6. The molecule has 0 unspecified atom stereocenters. The number of oxime groups is 1. The molecule has 3 fully saturated rings. The van der Waals surface area contributed by atoms with Gasteiger partial charge in [0.15, 0.2) is 6.61 Å². The average Bonchev–Trinajstić information content (AvgIpc) is 3.66. The number of cyclic esters (lactones) is 1. The minimum atomic E-state index is -2.44. The van der Waals surface area contributed by atoms with Crippen molar-refractivity contribution in [1.82, 2.24) is 10.2 Å². The minimum absolute atomic E-state index is 0.00689. The van der Waals surface area contributed by atoms with Crippen molar-refractivity contribution >= 4 is 29.3 Å². The summed E-state index contributed by atoms with van der Waals surface area (Å²) in [5.74, 6) is -7.61. The second-order valence-electron chi connectivity index (χ2n) is 23.4. The van der Waals surface area contributed by atoms with Gasteiger partial charge in [0, 0.05) is 72.1 Å². The molecular formula is C62H103N3O18. The van der Waals surface area contributed by atoms with Gasteiger partial charge in [-0.2, -0.15) is 0 Å². The van der Waals surface area contributed by atoms with E-state index in [0.29, 0.717) is 109 Å². The number of nitrogens with one attached hydrogen (secondary N) is 1. The number of ketones is 1. The number of aliphatic hydroxyl groups is 4. The van der Waals surface area contributed by atoms with Gasteiger partial charge in [0.25, 0.3) is 17.6 Å². The molecule has 0 aromatic heterocycles. The lowest BCUT2D eigenvalue weighted by Gasteiger charge is -2.43. The van der Waals surface area contributed by atoms with Gasteiger partial charge in [0.1, 0.15) is 24.4 Å². The summed E-state index contributed by atoms with van der Waals surface area (Å²) in [5, 5.41) is 54.1.